The summed E-state index contributed by atoms with van der Waals surface area (Å²) in [6.45, 7) is 1.89. The molecule has 2 fully saturated rings. The van der Waals surface area contributed by atoms with Gasteiger partial charge in [0, 0.05) is 50.2 Å². The van der Waals surface area contributed by atoms with E-state index >= 15 is 0 Å². The summed E-state index contributed by atoms with van der Waals surface area (Å²) in [4.78, 5) is 28.6. The fraction of sp³-hybridized carbons (Fsp3) is 0.417. The zero-order valence-corrected chi connectivity index (χ0v) is 18.6. The number of carbonyl (C=O) groups excluding carboxylic acids is 2. The summed E-state index contributed by atoms with van der Waals surface area (Å²) in [5, 5.41) is 3.92. The number of Topliss-reactive ketones (excluding diaryl/α,β-unsaturated/α-hetero) is 1. The minimum atomic E-state index is -1.13. The van der Waals surface area contributed by atoms with E-state index in [0.717, 1.165) is 5.56 Å². The number of hydrogen-bond donors (Lipinski definition) is 1. The van der Waals surface area contributed by atoms with Crippen molar-refractivity contribution >= 4 is 23.5 Å². The minimum Gasteiger partial charge on any atom is -0.410 e. The molecular formula is C24H26ClFN2O4. The van der Waals surface area contributed by atoms with Crippen molar-refractivity contribution in [2.45, 2.75) is 24.3 Å². The Kier molecular flexibility index (Phi) is 6.79. The number of hydrogen-bond acceptors (Lipinski definition) is 5. The Morgan fingerprint density at radius 1 is 1.12 bits per heavy atom. The zero-order valence-electron chi connectivity index (χ0n) is 17.9. The molecule has 2 heterocycles. The highest BCUT2D eigenvalue weighted by molar-refractivity contribution is 6.30. The average Bonchev–Trinajstić information content (AvgIpc) is 3.26. The standard InChI is InChI=1S/C24H26ClFN2O4/c1-28(23(30)32-20-8-6-19(26)7-9-20)24(22(29)17-10-12-31-13-11-17)15-27-14-21(24)16-2-4-18(25)5-3-16/h2-9,17,21,27H,10-15H2,1H3/t21-,24+/m0/s1. The fourth-order valence-corrected chi connectivity index (χ4v) is 4.84. The molecular weight excluding hydrogens is 435 g/mol. The van der Waals surface area contributed by atoms with E-state index in [2.05, 4.69) is 5.32 Å². The van der Waals surface area contributed by atoms with E-state index in [0.29, 0.717) is 44.2 Å². The van der Waals surface area contributed by atoms with Crippen LogP contribution < -0.4 is 10.1 Å². The zero-order chi connectivity index (χ0) is 22.7. The Morgan fingerprint density at radius 2 is 1.78 bits per heavy atom. The number of likely N-dealkylation sites (N-methyl/N-ethyl adjacent to an activating group) is 1. The molecule has 2 aliphatic rings. The number of nitrogens with one attached hydrogen (secondary N) is 1. The number of ketones is 1. The molecule has 170 valence electrons. The molecule has 0 aromatic heterocycles. The summed E-state index contributed by atoms with van der Waals surface area (Å²) < 4.78 is 24.2. The van der Waals surface area contributed by atoms with Gasteiger partial charge in [-0.3, -0.25) is 9.69 Å². The maximum absolute atomic E-state index is 14.0. The highest BCUT2D eigenvalue weighted by Gasteiger charge is 2.56. The summed E-state index contributed by atoms with van der Waals surface area (Å²) in [5.74, 6) is -0.692. The molecule has 2 atom stereocenters. The molecule has 1 N–H and O–H groups in total. The Balaban J connectivity index is 1.69. The third-order valence-electron chi connectivity index (χ3n) is 6.50. The molecule has 2 aliphatic heterocycles. The summed E-state index contributed by atoms with van der Waals surface area (Å²) in [6.07, 6.45) is 0.573. The van der Waals surface area contributed by atoms with Crippen LogP contribution in [-0.2, 0) is 9.53 Å². The van der Waals surface area contributed by atoms with E-state index in [4.69, 9.17) is 21.1 Å². The SMILES string of the molecule is CN(C(=O)Oc1ccc(F)cc1)[C@]1(C(=O)C2CCOCC2)CNC[C@H]1c1ccc(Cl)cc1. The first kappa shape index (κ1) is 22.7. The van der Waals surface area contributed by atoms with Crippen molar-refractivity contribution in [3.8, 4) is 5.75 Å². The van der Waals surface area contributed by atoms with Crippen LogP contribution in [-0.4, -0.2) is 55.7 Å². The normalized spacial score (nSPS) is 23.7. The van der Waals surface area contributed by atoms with Gasteiger partial charge in [-0.2, -0.15) is 0 Å². The summed E-state index contributed by atoms with van der Waals surface area (Å²) in [5.41, 5.74) is -0.214. The van der Waals surface area contributed by atoms with Gasteiger partial charge in [-0.05, 0) is 54.8 Å². The largest absolute Gasteiger partial charge is 0.415 e. The van der Waals surface area contributed by atoms with Crippen molar-refractivity contribution in [2.75, 3.05) is 33.4 Å². The van der Waals surface area contributed by atoms with Gasteiger partial charge < -0.3 is 14.8 Å². The van der Waals surface area contributed by atoms with E-state index in [9.17, 15) is 14.0 Å². The molecule has 8 heteroatoms. The Hall–Kier alpha value is -2.48. The van der Waals surface area contributed by atoms with E-state index in [1.165, 1.54) is 29.2 Å². The molecule has 4 rings (SSSR count). The van der Waals surface area contributed by atoms with Gasteiger partial charge in [0.2, 0.25) is 0 Å². The van der Waals surface area contributed by atoms with Gasteiger partial charge in [-0.1, -0.05) is 23.7 Å². The molecule has 0 bridgehead atoms. The van der Waals surface area contributed by atoms with Gasteiger partial charge in [0.25, 0.3) is 0 Å². The van der Waals surface area contributed by atoms with Gasteiger partial charge >= 0.3 is 6.09 Å². The predicted molar refractivity (Wildman–Crippen MR) is 119 cm³/mol. The average molecular weight is 461 g/mol. The number of rotatable bonds is 5. The van der Waals surface area contributed by atoms with Gasteiger partial charge in [-0.15, -0.1) is 0 Å². The van der Waals surface area contributed by atoms with Crippen LogP contribution in [0.25, 0.3) is 0 Å². The second-order valence-corrected chi connectivity index (χ2v) is 8.73. The maximum atomic E-state index is 14.0. The quantitative estimate of drug-likeness (QED) is 0.729. The Bertz CT molecular complexity index is 963. The molecule has 6 nitrogen and oxygen atoms in total. The molecule has 2 aromatic carbocycles. The third-order valence-corrected chi connectivity index (χ3v) is 6.75. The number of ether oxygens (including phenoxy) is 2. The van der Waals surface area contributed by atoms with Gasteiger partial charge in [0.05, 0.1) is 0 Å². The lowest BCUT2D eigenvalue weighted by Crippen LogP contribution is -2.62. The van der Waals surface area contributed by atoms with E-state index in [1.54, 1.807) is 19.2 Å². The van der Waals surface area contributed by atoms with Crippen molar-refractivity contribution in [1.29, 1.82) is 0 Å². The van der Waals surface area contributed by atoms with Gasteiger partial charge in [0.15, 0.2) is 5.78 Å². The van der Waals surface area contributed by atoms with Crippen molar-refractivity contribution in [2.24, 2.45) is 5.92 Å². The lowest BCUT2D eigenvalue weighted by molar-refractivity contribution is -0.136. The number of nitrogens with zero attached hydrogens (tertiary/aromatic N) is 1. The van der Waals surface area contributed by atoms with Crippen molar-refractivity contribution in [1.82, 2.24) is 10.2 Å². The number of carbonyl (C=O) groups is 2. The number of benzene rings is 2. The van der Waals surface area contributed by atoms with Crippen LogP contribution in [0.5, 0.6) is 5.75 Å². The highest BCUT2D eigenvalue weighted by Crippen LogP contribution is 2.41. The second kappa shape index (κ2) is 9.57. The Labute approximate surface area is 191 Å². The lowest BCUT2D eigenvalue weighted by atomic mass is 9.72. The van der Waals surface area contributed by atoms with E-state index < -0.39 is 17.4 Å². The first-order valence-corrected chi connectivity index (χ1v) is 11.1. The Morgan fingerprint density at radius 3 is 2.44 bits per heavy atom. The fourth-order valence-electron chi connectivity index (χ4n) is 4.71. The molecule has 1 amide bonds. The molecule has 2 saturated heterocycles. The number of halogens is 2. The van der Waals surface area contributed by atoms with Crippen LogP contribution in [0.2, 0.25) is 5.02 Å². The third kappa shape index (κ3) is 4.37. The molecule has 2 aromatic rings. The smallest absolute Gasteiger partial charge is 0.410 e. The topological polar surface area (TPSA) is 67.9 Å². The second-order valence-electron chi connectivity index (χ2n) is 8.29. The van der Waals surface area contributed by atoms with Crippen LogP contribution in [0.3, 0.4) is 0 Å². The van der Waals surface area contributed by atoms with Crippen LogP contribution >= 0.6 is 11.6 Å². The van der Waals surface area contributed by atoms with E-state index in [1.807, 2.05) is 12.1 Å². The monoisotopic (exact) mass is 460 g/mol. The summed E-state index contributed by atoms with van der Waals surface area (Å²) in [7, 11) is 1.60. The minimum absolute atomic E-state index is 0.00399. The van der Waals surface area contributed by atoms with Crippen LogP contribution in [0.15, 0.2) is 48.5 Å². The summed E-state index contributed by atoms with van der Waals surface area (Å²) in [6, 6.07) is 12.6. The van der Waals surface area contributed by atoms with Crippen LogP contribution in [0.1, 0.15) is 24.3 Å². The van der Waals surface area contributed by atoms with E-state index in [-0.39, 0.29) is 23.4 Å². The molecule has 0 saturated carbocycles. The maximum Gasteiger partial charge on any atom is 0.415 e. The predicted octanol–water partition coefficient (Wildman–Crippen LogP) is 4.03. The molecule has 0 aliphatic carbocycles. The van der Waals surface area contributed by atoms with Crippen molar-refractivity contribution in [3.63, 3.8) is 0 Å². The van der Waals surface area contributed by atoms with Crippen molar-refractivity contribution in [3.05, 3.63) is 64.9 Å². The van der Waals surface area contributed by atoms with Gasteiger partial charge in [0.1, 0.15) is 17.1 Å². The first-order valence-electron chi connectivity index (χ1n) is 10.7. The molecule has 0 radical (unpaired) electrons. The van der Waals surface area contributed by atoms with Crippen molar-refractivity contribution < 1.29 is 23.5 Å². The molecule has 32 heavy (non-hydrogen) atoms. The lowest BCUT2D eigenvalue weighted by Gasteiger charge is -2.43. The summed E-state index contributed by atoms with van der Waals surface area (Å²) >= 11 is 6.08. The first-order chi connectivity index (χ1) is 15.4. The van der Waals surface area contributed by atoms with Crippen LogP contribution in [0, 0.1) is 11.7 Å². The van der Waals surface area contributed by atoms with Gasteiger partial charge in [-0.25, -0.2) is 9.18 Å². The highest BCUT2D eigenvalue weighted by atomic mass is 35.5. The molecule has 0 spiro atoms. The molecule has 0 unspecified atom stereocenters. The number of amides is 1. The van der Waals surface area contributed by atoms with Crippen LogP contribution in [0.4, 0.5) is 9.18 Å².